The Morgan fingerprint density at radius 1 is 1.21 bits per heavy atom. The quantitative estimate of drug-likeness (QED) is 0.395. The summed E-state index contributed by atoms with van der Waals surface area (Å²) in [6, 6.07) is 6.41. The zero-order chi connectivity index (χ0) is 24.5. The summed E-state index contributed by atoms with van der Waals surface area (Å²) in [5.41, 5.74) is 2.31. The number of carbonyl (C=O) groups is 2. The van der Waals surface area contributed by atoms with Crippen LogP contribution in [0.3, 0.4) is 0 Å². The van der Waals surface area contributed by atoms with Crippen LogP contribution in [0.25, 0.3) is 0 Å². The summed E-state index contributed by atoms with van der Waals surface area (Å²) in [5, 5.41) is 23.0. The summed E-state index contributed by atoms with van der Waals surface area (Å²) in [6.07, 6.45) is 0. The molecule has 0 spiro atoms. The van der Waals surface area contributed by atoms with Gasteiger partial charge in [-0.25, -0.2) is 0 Å². The first-order valence-corrected chi connectivity index (χ1v) is 11.3. The third-order valence-corrected chi connectivity index (χ3v) is 5.85. The number of amidine groups is 1. The molecule has 3 rings (SSSR count). The number of hydrogen-bond donors (Lipinski definition) is 3. The Morgan fingerprint density at radius 2 is 1.91 bits per heavy atom. The van der Waals surface area contributed by atoms with E-state index in [4.69, 9.17) is 4.74 Å². The molecule has 0 unspecified atom stereocenters. The molecule has 2 aromatic rings. The summed E-state index contributed by atoms with van der Waals surface area (Å²) < 4.78 is 9.85. The van der Waals surface area contributed by atoms with E-state index in [9.17, 15) is 19.8 Å². The molecule has 8 nitrogen and oxygen atoms in total. The van der Waals surface area contributed by atoms with Crippen LogP contribution < -0.4 is 10.1 Å². The molecule has 0 radical (unpaired) electrons. The van der Waals surface area contributed by atoms with Gasteiger partial charge in [0, 0.05) is 30.3 Å². The van der Waals surface area contributed by atoms with Crippen molar-refractivity contribution in [1.82, 2.24) is 10.2 Å². The van der Waals surface area contributed by atoms with Gasteiger partial charge < -0.3 is 25.2 Å². The largest absolute Gasteiger partial charge is 0.504 e. The monoisotopic (exact) mass is 517 g/mol. The van der Waals surface area contributed by atoms with E-state index >= 15 is 0 Å². The number of carbonyl (C=O) groups excluding carboxylic acids is 2. The van der Waals surface area contributed by atoms with Gasteiger partial charge in [0.25, 0.3) is 5.91 Å². The van der Waals surface area contributed by atoms with Gasteiger partial charge >= 0.3 is 0 Å². The number of benzene rings is 2. The summed E-state index contributed by atoms with van der Waals surface area (Å²) in [5.74, 6) is -0.0867. The number of phenols is 2. The van der Waals surface area contributed by atoms with Crippen LogP contribution in [0.4, 0.5) is 0 Å². The number of hydrogen-bond acceptors (Lipinski definition) is 6. The Labute approximate surface area is 201 Å². The summed E-state index contributed by atoms with van der Waals surface area (Å²) in [6.45, 7) is 8.32. The standard InChI is InChI=1S/C24H28BrN3O5/c1-6-33-20-9-14-11-28(22(27-25)15(14)10-16(20)23(32)26-5)12-19(30)13-7-17(24(2,3)4)21(31)18(29)8-13/h7-10,29,31H,6,11-12H2,1-5H3,(H,26,32)/b27-22-. The van der Waals surface area contributed by atoms with Crippen molar-refractivity contribution < 1.29 is 24.5 Å². The van der Waals surface area contributed by atoms with Crippen molar-refractivity contribution in [2.75, 3.05) is 20.2 Å². The number of Topliss-reactive ketones (excluding diaryl/α,β-unsaturated/α-hetero) is 1. The van der Waals surface area contributed by atoms with Crippen molar-refractivity contribution in [3.63, 3.8) is 0 Å². The molecule has 1 amide bonds. The zero-order valence-corrected chi connectivity index (χ0v) is 20.9. The number of rotatable bonds is 6. The van der Waals surface area contributed by atoms with Crippen LogP contribution in [0, 0.1) is 0 Å². The average molecular weight is 518 g/mol. The molecule has 33 heavy (non-hydrogen) atoms. The van der Waals surface area contributed by atoms with Gasteiger partial charge in [-0.15, -0.1) is 0 Å². The van der Waals surface area contributed by atoms with E-state index in [1.165, 1.54) is 6.07 Å². The van der Waals surface area contributed by atoms with Gasteiger partial charge in [-0.1, -0.05) is 20.8 Å². The number of nitrogens with zero attached hydrogens (tertiary/aromatic N) is 2. The fourth-order valence-corrected chi connectivity index (χ4v) is 4.26. The number of ether oxygens (including phenoxy) is 1. The number of nitrogens with one attached hydrogen (secondary N) is 1. The molecular weight excluding hydrogens is 490 g/mol. The molecule has 0 atom stereocenters. The van der Waals surface area contributed by atoms with Crippen LogP contribution in [0.5, 0.6) is 17.2 Å². The lowest BCUT2D eigenvalue weighted by molar-refractivity contribution is 0.0953. The lowest BCUT2D eigenvalue weighted by atomic mass is 9.84. The van der Waals surface area contributed by atoms with Crippen LogP contribution in [0.1, 0.15) is 65.1 Å². The number of halogens is 1. The molecule has 2 aromatic carbocycles. The maximum absolute atomic E-state index is 13.2. The van der Waals surface area contributed by atoms with Crippen LogP contribution in [-0.2, 0) is 12.0 Å². The van der Waals surface area contributed by atoms with Crippen molar-refractivity contribution >= 4 is 33.7 Å². The van der Waals surface area contributed by atoms with E-state index in [-0.39, 0.29) is 29.7 Å². The highest BCUT2D eigenvalue weighted by atomic mass is 79.9. The summed E-state index contributed by atoms with van der Waals surface area (Å²) >= 11 is 3.15. The molecule has 176 valence electrons. The Kier molecular flexibility index (Phi) is 7.02. The molecule has 1 aliphatic heterocycles. The van der Waals surface area contributed by atoms with Gasteiger partial charge in [-0.05, 0) is 42.2 Å². The minimum Gasteiger partial charge on any atom is -0.504 e. The summed E-state index contributed by atoms with van der Waals surface area (Å²) in [4.78, 5) is 27.3. The molecule has 3 N–H and O–H groups in total. The van der Waals surface area contributed by atoms with E-state index in [0.717, 1.165) is 11.1 Å². The van der Waals surface area contributed by atoms with Gasteiger partial charge in [-0.3, -0.25) is 9.59 Å². The van der Waals surface area contributed by atoms with Gasteiger partial charge in [0.1, 0.15) is 11.6 Å². The second-order valence-corrected chi connectivity index (χ2v) is 9.20. The molecule has 1 heterocycles. The van der Waals surface area contributed by atoms with Crippen molar-refractivity contribution in [3.8, 4) is 17.2 Å². The molecular formula is C24H28BrN3O5. The minimum absolute atomic E-state index is 0.00775. The number of aromatic hydroxyl groups is 2. The number of phenolic OH excluding ortho intramolecular Hbond substituents is 2. The molecule has 9 heteroatoms. The highest BCUT2D eigenvalue weighted by Crippen LogP contribution is 2.38. The Balaban J connectivity index is 1.94. The molecule has 0 saturated carbocycles. The van der Waals surface area contributed by atoms with Crippen molar-refractivity contribution in [1.29, 1.82) is 0 Å². The number of amides is 1. The topological polar surface area (TPSA) is 111 Å². The van der Waals surface area contributed by atoms with Gasteiger partial charge in [0.05, 0.1) is 34.9 Å². The Hall–Kier alpha value is -3.07. The molecule has 0 aromatic heterocycles. The smallest absolute Gasteiger partial charge is 0.254 e. The third-order valence-electron chi connectivity index (χ3n) is 5.51. The van der Waals surface area contributed by atoms with E-state index in [1.807, 2.05) is 27.7 Å². The SMILES string of the molecule is CCOc1cc2c(cc1C(=O)NC)/C(=N/Br)N(CC(=O)c1cc(O)c(O)c(C(C)(C)C)c1)C2. The Bertz CT molecular complexity index is 1140. The molecule has 1 aliphatic rings. The molecule has 0 bridgehead atoms. The van der Waals surface area contributed by atoms with Crippen molar-refractivity contribution in [2.45, 2.75) is 39.7 Å². The average Bonchev–Trinajstić information content (AvgIpc) is 3.09. The second-order valence-electron chi connectivity index (χ2n) is 8.85. The highest BCUT2D eigenvalue weighted by molar-refractivity contribution is 9.08. The second kappa shape index (κ2) is 9.43. The number of ketones is 1. The predicted octanol–water partition coefficient (Wildman–Crippen LogP) is 3.91. The van der Waals surface area contributed by atoms with E-state index in [1.54, 1.807) is 30.1 Å². The highest BCUT2D eigenvalue weighted by Gasteiger charge is 2.31. The normalized spacial score (nSPS) is 14.4. The summed E-state index contributed by atoms with van der Waals surface area (Å²) in [7, 11) is 1.55. The predicted molar refractivity (Wildman–Crippen MR) is 130 cm³/mol. The van der Waals surface area contributed by atoms with Gasteiger partial charge in [-0.2, -0.15) is 4.02 Å². The maximum atomic E-state index is 13.2. The lowest BCUT2D eigenvalue weighted by Crippen LogP contribution is -2.30. The minimum atomic E-state index is -0.462. The van der Waals surface area contributed by atoms with Gasteiger partial charge in [0.15, 0.2) is 17.3 Å². The van der Waals surface area contributed by atoms with Crippen LogP contribution in [0.2, 0.25) is 0 Å². The first kappa shape index (κ1) is 24.6. The fraction of sp³-hybridized carbons (Fsp3) is 0.375. The van der Waals surface area contributed by atoms with E-state index in [0.29, 0.717) is 41.4 Å². The molecule has 0 fully saturated rings. The van der Waals surface area contributed by atoms with Gasteiger partial charge in [0.2, 0.25) is 0 Å². The van der Waals surface area contributed by atoms with Crippen molar-refractivity contribution in [2.24, 2.45) is 4.02 Å². The van der Waals surface area contributed by atoms with Crippen LogP contribution in [-0.4, -0.2) is 52.8 Å². The first-order chi connectivity index (χ1) is 15.5. The van der Waals surface area contributed by atoms with E-state index in [2.05, 4.69) is 25.5 Å². The number of fused-ring (bicyclic) bond motifs is 1. The fourth-order valence-electron chi connectivity index (χ4n) is 3.85. The lowest BCUT2D eigenvalue weighted by Gasteiger charge is -2.22. The zero-order valence-electron chi connectivity index (χ0n) is 19.3. The third kappa shape index (κ3) is 4.83. The Morgan fingerprint density at radius 3 is 2.48 bits per heavy atom. The maximum Gasteiger partial charge on any atom is 0.254 e. The van der Waals surface area contributed by atoms with Crippen molar-refractivity contribution in [3.05, 3.63) is 52.1 Å². The van der Waals surface area contributed by atoms with Crippen LogP contribution in [0.15, 0.2) is 28.3 Å². The molecule has 0 aliphatic carbocycles. The first-order valence-electron chi connectivity index (χ1n) is 10.6. The molecule has 0 saturated heterocycles. The van der Waals surface area contributed by atoms with Crippen LogP contribution >= 0.6 is 16.1 Å². The van der Waals surface area contributed by atoms with E-state index < -0.39 is 5.41 Å².